The summed E-state index contributed by atoms with van der Waals surface area (Å²) in [7, 11) is 0. The standard InChI is InChI=1S/C17H15N3O6S/c1-2-25-15(21)9-10-19-11-5-3-4-6-13(11)27-17(19)18-16(22)12-7-8-14(26-12)20(23)24/h3-8H,2,9-10H2,1H3. The third-order valence-corrected chi connectivity index (χ3v) is 4.67. The van der Waals surface area contributed by atoms with Crippen LogP contribution in [0.15, 0.2) is 45.8 Å². The number of carbonyl (C=O) groups excluding carboxylic acids is 2. The van der Waals surface area contributed by atoms with Crippen molar-refractivity contribution in [1.82, 2.24) is 4.57 Å². The number of nitrogens with zero attached hydrogens (tertiary/aromatic N) is 3. The van der Waals surface area contributed by atoms with Crippen LogP contribution < -0.4 is 4.80 Å². The molecule has 0 atom stereocenters. The lowest BCUT2D eigenvalue weighted by Gasteiger charge is -2.05. The first-order valence-corrected chi connectivity index (χ1v) is 8.88. The van der Waals surface area contributed by atoms with Crippen LogP contribution in [0.2, 0.25) is 0 Å². The average Bonchev–Trinajstić information content (AvgIpc) is 3.25. The lowest BCUT2D eigenvalue weighted by atomic mass is 10.3. The number of ether oxygens (including phenoxy) is 1. The fraction of sp³-hybridized carbons (Fsp3) is 0.235. The van der Waals surface area contributed by atoms with Gasteiger partial charge in [-0.25, -0.2) is 0 Å². The van der Waals surface area contributed by atoms with Gasteiger partial charge in [0.25, 0.3) is 0 Å². The Morgan fingerprint density at radius 2 is 2.07 bits per heavy atom. The number of aromatic nitrogens is 1. The van der Waals surface area contributed by atoms with Crippen LogP contribution in [-0.2, 0) is 16.1 Å². The molecule has 2 aromatic heterocycles. The summed E-state index contributed by atoms with van der Waals surface area (Å²) in [4.78, 5) is 38.4. The fourth-order valence-electron chi connectivity index (χ4n) is 2.44. The van der Waals surface area contributed by atoms with E-state index in [0.29, 0.717) is 11.4 Å². The molecule has 0 saturated heterocycles. The molecule has 0 saturated carbocycles. The Morgan fingerprint density at radius 1 is 1.30 bits per heavy atom. The molecule has 0 aliphatic rings. The summed E-state index contributed by atoms with van der Waals surface area (Å²) in [5.41, 5.74) is 0.823. The molecule has 0 fully saturated rings. The Balaban J connectivity index is 1.97. The molecule has 1 amide bonds. The van der Waals surface area contributed by atoms with Gasteiger partial charge in [-0.15, -0.1) is 0 Å². The summed E-state index contributed by atoms with van der Waals surface area (Å²) >= 11 is 1.27. The second-order valence-corrected chi connectivity index (χ2v) is 6.38. The van der Waals surface area contributed by atoms with Crippen LogP contribution in [0.4, 0.5) is 5.88 Å². The van der Waals surface area contributed by atoms with Crippen molar-refractivity contribution in [2.45, 2.75) is 19.9 Å². The van der Waals surface area contributed by atoms with Gasteiger partial charge in [-0.3, -0.25) is 19.7 Å². The predicted octanol–water partition coefficient (Wildman–Crippen LogP) is 2.90. The summed E-state index contributed by atoms with van der Waals surface area (Å²) in [6.07, 6.45) is 0.127. The highest BCUT2D eigenvalue weighted by Crippen LogP contribution is 2.19. The lowest BCUT2D eigenvalue weighted by molar-refractivity contribution is -0.402. The van der Waals surface area contributed by atoms with E-state index in [1.165, 1.54) is 17.4 Å². The maximum atomic E-state index is 12.3. The van der Waals surface area contributed by atoms with E-state index >= 15 is 0 Å². The highest BCUT2D eigenvalue weighted by molar-refractivity contribution is 7.16. The number of furan rings is 1. The number of carbonyl (C=O) groups is 2. The van der Waals surface area contributed by atoms with Gasteiger partial charge < -0.3 is 13.7 Å². The largest absolute Gasteiger partial charge is 0.466 e. The maximum Gasteiger partial charge on any atom is 0.433 e. The van der Waals surface area contributed by atoms with Gasteiger partial charge in [0.2, 0.25) is 5.76 Å². The molecule has 0 aliphatic heterocycles. The van der Waals surface area contributed by atoms with Crippen molar-refractivity contribution in [3.05, 3.63) is 57.1 Å². The number of thiazole rings is 1. The number of fused-ring (bicyclic) bond motifs is 1. The van der Waals surface area contributed by atoms with Crippen molar-refractivity contribution in [2.75, 3.05) is 6.61 Å². The van der Waals surface area contributed by atoms with E-state index in [1.807, 2.05) is 24.3 Å². The molecule has 0 unspecified atom stereocenters. The predicted molar refractivity (Wildman–Crippen MR) is 96.3 cm³/mol. The summed E-state index contributed by atoms with van der Waals surface area (Å²) in [6, 6.07) is 9.75. The zero-order valence-electron chi connectivity index (χ0n) is 14.3. The zero-order chi connectivity index (χ0) is 19.4. The molecule has 0 aliphatic carbocycles. The van der Waals surface area contributed by atoms with E-state index in [-0.39, 0.29) is 24.7 Å². The van der Waals surface area contributed by atoms with Crippen molar-refractivity contribution < 1.29 is 23.7 Å². The molecule has 27 heavy (non-hydrogen) atoms. The fourth-order valence-corrected chi connectivity index (χ4v) is 3.50. The minimum absolute atomic E-state index is 0.127. The van der Waals surface area contributed by atoms with Crippen LogP contribution >= 0.6 is 11.3 Å². The van der Waals surface area contributed by atoms with Crippen LogP contribution in [0, 0.1) is 10.1 Å². The van der Waals surface area contributed by atoms with Crippen molar-refractivity contribution in [2.24, 2.45) is 4.99 Å². The Morgan fingerprint density at radius 3 is 2.78 bits per heavy atom. The molecule has 3 rings (SSSR count). The molecule has 2 heterocycles. The molecule has 140 valence electrons. The van der Waals surface area contributed by atoms with Crippen LogP contribution in [0.1, 0.15) is 23.9 Å². The molecule has 1 aromatic carbocycles. The third-order valence-electron chi connectivity index (χ3n) is 3.61. The number of benzene rings is 1. The molecule has 9 nitrogen and oxygen atoms in total. The summed E-state index contributed by atoms with van der Waals surface area (Å²) < 4.78 is 12.5. The molecule has 3 aromatic rings. The Labute approximate surface area is 156 Å². The van der Waals surface area contributed by atoms with Gasteiger partial charge in [0.05, 0.1) is 29.3 Å². The van der Waals surface area contributed by atoms with Gasteiger partial charge in [-0.05, 0) is 25.1 Å². The first kappa shape index (κ1) is 18.5. The Bertz CT molecular complexity index is 1080. The molecular weight excluding hydrogens is 374 g/mol. The van der Waals surface area contributed by atoms with Gasteiger partial charge in [0.15, 0.2) is 4.80 Å². The molecular formula is C17H15N3O6S. The second kappa shape index (κ2) is 7.96. The van der Waals surface area contributed by atoms with Crippen LogP contribution in [-0.4, -0.2) is 28.0 Å². The highest BCUT2D eigenvalue weighted by atomic mass is 32.1. The quantitative estimate of drug-likeness (QED) is 0.363. The summed E-state index contributed by atoms with van der Waals surface area (Å²) in [5, 5.41) is 10.7. The molecule has 0 N–H and O–H groups in total. The van der Waals surface area contributed by atoms with E-state index in [4.69, 9.17) is 9.15 Å². The summed E-state index contributed by atoms with van der Waals surface area (Å²) in [5.74, 6) is -1.84. The number of esters is 1. The van der Waals surface area contributed by atoms with Gasteiger partial charge in [0.1, 0.15) is 4.92 Å². The van der Waals surface area contributed by atoms with Crippen molar-refractivity contribution >= 4 is 39.3 Å². The first-order chi connectivity index (χ1) is 13.0. The SMILES string of the molecule is CCOC(=O)CCn1c(=NC(=O)c2ccc([N+](=O)[O-])o2)sc2ccccc21. The van der Waals surface area contributed by atoms with Gasteiger partial charge in [-0.2, -0.15) is 4.99 Å². The monoisotopic (exact) mass is 389 g/mol. The average molecular weight is 389 g/mol. The zero-order valence-corrected chi connectivity index (χ0v) is 15.1. The normalized spacial score (nSPS) is 11.7. The lowest BCUT2D eigenvalue weighted by Crippen LogP contribution is -2.19. The third kappa shape index (κ3) is 4.11. The molecule has 0 radical (unpaired) electrons. The Kier molecular flexibility index (Phi) is 5.46. The topological polar surface area (TPSA) is 117 Å². The van der Waals surface area contributed by atoms with Crippen LogP contribution in [0.3, 0.4) is 0 Å². The number of aryl methyl sites for hydroxylation is 1. The second-order valence-electron chi connectivity index (χ2n) is 5.37. The first-order valence-electron chi connectivity index (χ1n) is 8.07. The van der Waals surface area contributed by atoms with Crippen LogP contribution in [0.25, 0.3) is 10.2 Å². The van der Waals surface area contributed by atoms with Gasteiger partial charge >= 0.3 is 17.8 Å². The van der Waals surface area contributed by atoms with E-state index in [2.05, 4.69) is 4.99 Å². The Hall–Kier alpha value is -3.27. The van der Waals surface area contributed by atoms with Gasteiger partial charge in [-0.1, -0.05) is 23.5 Å². The van der Waals surface area contributed by atoms with Crippen LogP contribution in [0.5, 0.6) is 0 Å². The van der Waals surface area contributed by atoms with E-state index in [9.17, 15) is 19.7 Å². The molecule has 0 bridgehead atoms. The minimum Gasteiger partial charge on any atom is -0.466 e. The number of hydrogen-bond donors (Lipinski definition) is 0. The van der Waals surface area contributed by atoms with Gasteiger partial charge in [0, 0.05) is 6.54 Å². The van der Waals surface area contributed by atoms with Crippen molar-refractivity contribution in [1.29, 1.82) is 0 Å². The maximum absolute atomic E-state index is 12.3. The van der Waals surface area contributed by atoms with Crippen molar-refractivity contribution in [3.8, 4) is 0 Å². The molecule has 10 heteroatoms. The highest BCUT2D eigenvalue weighted by Gasteiger charge is 2.17. The summed E-state index contributed by atoms with van der Waals surface area (Å²) in [6.45, 7) is 2.31. The van der Waals surface area contributed by atoms with E-state index in [0.717, 1.165) is 16.3 Å². The van der Waals surface area contributed by atoms with E-state index in [1.54, 1.807) is 11.5 Å². The minimum atomic E-state index is -0.737. The smallest absolute Gasteiger partial charge is 0.433 e. The number of para-hydroxylation sites is 1. The molecule has 0 spiro atoms. The number of amides is 1. The number of nitro groups is 1. The van der Waals surface area contributed by atoms with E-state index < -0.39 is 16.7 Å². The van der Waals surface area contributed by atoms with Crippen molar-refractivity contribution in [3.63, 3.8) is 0 Å². The number of rotatable bonds is 6. The number of hydrogen-bond acceptors (Lipinski definition) is 7.